The number of ether oxygens (including phenoxy) is 2. The van der Waals surface area contributed by atoms with Gasteiger partial charge >= 0.3 is 20.6 Å². The lowest BCUT2D eigenvalue weighted by Crippen LogP contribution is -2.34. The number of hydrogen-bond acceptors (Lipinski definition) is 16. The maximum atomic E-state index is 14.9. The zero-order chi connectivity index (χ0) is 33.1. The number of nitrogens with zero attached hydrogens (tertiary/aromatic N) is 5. The van der Waals surface area contributed by atoms with Crippen LogP contribution < -0.4 is 11.5 Å². The maximum Gasteiger partial charge on any atom is 0.443 e. The maximum absolute atomic E-state index is 14.9. The Bertz CT molecular complexity index is 1680. The van der Waals surface area contributed by atoms with Gasteiger partial charge in [-0.25, -0.2) is 24.3 Å². The van der Waals surface area contributed by atoms with Crippen LogP contribution in [0.1, 0.15) is 27.8 Å². The van der Waals surface area contributed by atoms with E-state index in [2.05, 4.69) is 29.0 Å². The summed E-state index contributed by atoms with van der Waals surface area (Å²) in [5, 5.41) is 26.4. The predicted octanol–water partition coefficient (Wildman–Crippen LogP) is -0.624. The first-order chi connectivity index (χ1) is 21.0. The number of aliphatic hydroxyl groups excluding tert-OH is 3. The molecule has 5 rings (SSSR count). The Kier molecular flexibility index (Phi) is 9.12. The molecule has 2 fully saturated rings. The molecule has 25 heteroatoms. The quantitative estimate of drug-likeness (QED) is 0.122. The van der Waals surface area contributed by atoms with Crippen LogP contribution in [0.2, 0.25) is 0 Å². The molecule has 2 aliphatic rings. The van der Waals surface area contributed by atoms with E-state index >= 15 is 0 Å². The van der Waals surface area contributed by atoms with Crippen LogP contribution in [0.5, 0.6) is 0 Å². The summed E-state index contributed by atoms with van der Waals surface area (Å²) in [6, 6.07) is 0. The number of halogens is 3. The topological polar surface area (TPSA) is 298 Å². The number of aliphatic hydroxyl groups is 3. The molecule has 0 saturated carbocycles. The van der Waals surface area contributed by atoms with Gasteiger partial charge in [-0.3, -0.25) is 18.5 Å². The number of primary amides is 1. The molecule has 19 nitrogen and oxygen atoms in total. The number of nitrogen functional groups attached to an aromatic ring is 1. The van der Waals surface area contributed by atoms with Crippen LogP contribution in [0.4, 0.5) is 19.0 Å². The number of anilines is 1. The molecule has 3 aromatic rings. The van der Waals surface area contributed by atoms with E-state index in [0.717, 1.165) is 28.6 Å². The molecule has 2 saturated heterocycles. The molecular formula is C20H24F3N7O12P2S. The van der Waals surface area contributed by atoms with Gasteiger partial charge in [-0.15, -0.1) is 11.3 Å². The van der Waals surface area contributed by atoms with Crippen molar-refractivity contribution in [3.8, 4) is 0 Å². The van der Waals surface area contributed by atoms with Crippen molar-refractivity contribution in [2.75, 3.05) is 18.9 Å². The summed E-state index contributed by atoms with van der Waals surface area (Å²) in [6.45, 7) is -2.65. The van der Waals surface area contributed by atoms with Crippen LogP contribution in [0.25, 0.3) is 11.2 Å². The number of alkyl halides is 3. The molecule has 0 bridgehead atoms. The van der Waals surface area contributed by atoms with Crippen LogP contribution in [0, 0.1) is 0 Å². The Hall–Kier alpha value is -2.66. The highest BCUT2D eigenvalue weighted by Gasteiger charge is 2.67. The molecule has 3 aromatic heterocycles. The van der Waals surface area contributed by atoms with E-state index in [4.69, 9.17) is 20.9 Å². The first kappa shape index (κ1) is 33.7. The van der Waals surface area contributed by atoms with Gasteiger partial charge in [0.05, 0.1) is 19.5 Å². The Balaban J connectivity index is 1.22. The number of amides is 1. The summed E-state index contributed by atoms with van der Waals surface area (Å²) in [6.07, 6.45) is -12.5. The van der Waals surface area contributed by atoms with Crippen LogP contribution in [-0.4, -0.2) is 111 Å². The van der Waals surface area contributed by atoms with Crippen molar-refractivity contribution in [1.82, 2.24) is 24.5 Å². The van der Waals surface area contributed by atoms with E-state index in [1.807, 2.05) is 0 Å². The fraction of sp³-hybridized carbons (Fsp3) is 0.550. The van der Waals surface area contributed by atoms with Crippen molar-refractivity contribution in [3.63, 3.8) is 0 Å². The highest BCUT2D eigenvalue weighted by Crippen LogP contribution is 2.75. The largest absolute Gasteiger partial charge is 0.443 e. The molecule has 0 spiro atoms. The third kappa shape index (κ3) is 5.99. The highest BCUT2D eigenvalue weighted by atomic mass is 32.1. The Morgan fingerprint density at radius 3 is 2.27 bits per heavy atom. The first-order valence-electron chi connectivity index (χ1n) is 12.5. The van der Waals surface area contributed by atoms with Gasteiger partial charge in [-0.1, -0.05) is 0 Å². The van der Waals surface area contributed by atoms with Gasteiger partial charge in [0.25, 0.3) is 5.91 Å². The van der Waals surface area contributed by atoms with Crippen molar-refractivity contribution in [1.29, 1.82) is 0 Å². The van der Waals surface area contributed by atoms with Gasteiger partial charge < -0.3 is 55.1 Å². The monoisotopic (exact) mass is 705 g/mol. The van der Waals surface area contributed by atoms with E-state index in [1.165, 1.54) is 5.38 Å². The van der Waals surface area contributed by atoms with Crippen LogP contribution >= 0.6 is 26.5 Å². The third-order valence-corrected chi connectivity index (χ3v) is 11.6. The zero-order valence-corrected chi connectivity index (χ0v) is 24.8. The number of thiazole rings is 1. The molecule has 1 amide bonds. The van der Waals surface area contributed by atoms with Crippen molar-refractivity contribution >= 4 is 49.4 Å². The highest BCUT2D eigenvalue weighted by molar-refractivity contribution is 7.72. The van der Waals surface area contributed by atoms with Crippen LogP contribution in [0.3, 0.4) is 0 Å². The molecule has 10 atom stereocenters. The average Bonchev–Trinajstić information content (AvgIpc) is 3.75. The van der Waals surface area contributed by atoms with Gasteiger partial charge in [-0.2, -0.15) is 8.78 Å². The number of nitrogens with two attached hydrogens (primary N) is 2. The van der Waals surface area contributed by atoms with E-state index in [9.17, 15) is 52.2 Å². The van der Waals surface area contributed by atoms with Gasteiger partial charge in [0.2, 0.25) is 0 Å². The summed E-state index contributed by atoms with van der Waals surface area (Å²) in [5.41, 5.74) is 10.6. The molecule has 248 valence electrons. The predicted molar refractivity (Wildman–Crippen MR) is 141 cm³/mol. The van der Waals surface area contributed by atoms with E-state index in [0.29, 0.717) is 0 Å². The summed E-state index contributed by atoms with van der Waals surface area (Å²) >= 11 is 0.804. The molecule has 2 unspecified atom stereocenters. The van der Waals surface area contributed by atoms with Crippen LogP contribution in [-0.2, 0) is 27.7 Å². The number of carbonyl (C=O) groups is 1. The second-order valence-corrected chi connectivity index (χ2v) is 14.7. The van der Waals surface area contributed by atoms with Crippen molar-refractivity contribution in [2.24, 2.45) is 5.73 Å². The number of fused-ring (bicyclic) bond motifs is 1. The molecule has 0 aromatic carbocycles. The van der Waals surface area contributed by atoms with Gasteiger partial charge in [0.15, 0.2) is 23.9 Å². The number of carbonyl (C=O) groups excluding carboxylic acids is 1. The van der Waals surface area contributed by atoms with E-state index in [-0.39, 0.29) is 27.7 Å². The van der Waals surface area contributed by atoms with Crippen molar-refractivity contribution < 1.29 is 70.7 Å². The lowest BCUT2D eigenvalue weighted by atomic mass is 10.1. The molecule has 9 N–H and O–H groups in total. The van der Waals surface area contributed by atoms with E-state index < -0.39 is 88.7 Å². The number of imidazole rings is 1. The lowest BCUT2D eigenvalue weighted by molar-refractivity contribution is -0.0465. The van der Waals surface area contributed by atoms with Crippen molar-refractivity contribution in [3.05, 3.63) is 28.7 Å². The summed E-state index contributed by atoms with van der Waals surface area (Å²) in [4.78, 5) is 46.5. The standard InChI is InChI=1S/C20H24F3N7O12P2S/c21-9-11(31)7(42-19(9)30-5-28-10-15(24)26-4-27-17(10)30)1-39-43(35,36)20(22,23)44(37,38)40-2-8-12(32)13(33)14(41-8)18-29-6(3-45-18)16(25)34/h3-5,7-9,11-14,19,31-33H,1-2H2,(H2,25,34)(H,35,36)(H,37,38)(H2,24,26,27)/t7-,8+,9-,11-,12+,13+,14+,19-/m0/s1. The van der Waals surface area contributed by atoms with Gasteiger partial charge in [0.1, 0.15) is 59.2 Å². The number of hydrogen-bond donors (Lipinski definition) is 7. The third-order valence-electron chi connectivity index (χ3n) is 6.84. The summed E-state index contributed by atoms with van der Waals surface area (Å²) < 4.78 is 90.0. The fourth-order valence-electron chi connectivity index (χ4n) is 4.41. The minimum atomic E-state index is -6.44. The van der Waals surface area contributed by atoms with Gasteiger partial charge in [-0.05, 0) is 0 Å². The number of rotatable bonds is 11. The Morgan fingerprint density at radius 1 is 1.04 bits per heavy atom. The second kappa shape index (κ2) is 12.2. The smallest absolute Gasteiger partial charge is 0.387 e. The molecular weight excluding hydrogens is 681 g/mol. The Morgan fingerprint density at radius 2 is 1.67 bits per heavy atom. The average molecular weight is 705 g/mol. The molecule has 5 heterocycles. The SMILES string of the molecule is NC(=O)c1csc([C@@H]2O[C@H](COP(=O)(O)C(F)(F)P(=O)(O)OC[C@@H]3O[C@H](n4cnc5c(N)ncnc54)[C@@H](F)[C@H]3O)[C@@H](O)[C@H]2O)n1. The molecule has 0 radical (unpaired) electrons. The molecule has 45 heavy (non-hydrogen) atoms. The zero-order valence-electron chi connectivity index (χ0n) is 22.2. The van der Waals surface area contributed by atoms with E-state index in [1.54, 1.807) is 0 Å². The normalized spacial score (nSPS) is 31.6. The Labute approximate surface area is 252 Å². The first-order valence-corrected chi connectivity index (χ1v) is 16.5. The second-order valence-electron chi connectivity index (χ2n) is 9.74. The minimum Gasteiger partial charge on any atom is -0.387 e. The van der Waals surface area contributed by atoms with Crippen LogP contribution in [0.15, 0.2) is 18.0 Å². The lowest BCUT2D eigenvalue weighted by Gasteiger charge is -2.27. The van der Waals surface area contributed by atoms with Crippen molar-refractivity contribution in [2.45, 2.75) is 54.4 Å². The summed E-state index contributed by atoms with van der Waals surface area (Å²) in [7, 11) is -12.9. The van der Waals surface area contributed by atoms with Gasteiger partial charge in [0, 0.05) is 5.38 Å². The minimum absolute atomic E-state index is 0.0149. The fourth-order valence-corrected chi connectivity index (χ4v) is 7.92. The number of aromatic nitrogens is 5. The molecule has 2 aliphatic heterocycles. The summed E-state index contributed by atoms with van der Waals surface area (Å²) in [5.74, 6) is -0.967. The molecule has 0 aliphatic carbocycles.